The molecule has 4 nitrogen and oxygen atoms in total. The molecular formula is C17H16BrNO3. The van der Waals surface area contributed by atoms with Crippen LogP contribution in [0.4, 0.5) is 5.69 Å². The fraction of sp³-hybridized carbons (Fsp3) is 0.235. The number of rotatable bonds is 3. The minimum absolute atomic E-state index is 0.356. The fourth-order valence-electron chi connectivity index (χ4n) is 2.26. The second kappa shape index (κ2) is 5.65. The summed E-state index contributed by atoms with van der Waals surface area (Å²) >= 11 is 3.42. The first-order chi connectivity index (χ1) is 10.4. The number of halogens is 1. The van der Waals surface area contributed by atoms with Gasteiger partial charge in [-0.2, -0.15) is 0 Å². The summed E-state index contributed by atoms with van der Waals surface area (Å²) < 4.78 is 12.0. The number of hydrogen-bond acceptors (Lipinski definition) is 4. The van der Waals surface area contributed by atoms with Crippen molar-refractivity contribution in [2.75, 3.05) is 5.32 Å². The molecule has 0 aromatic heterocycles. The first-order valence-corrected chi connectivity index (χ1v) is 7.77. The molecule has 0 atom stereocenters. The fourth-order valence-corrected chi connectivity index (χ4v) is 2.52. The molecule has 1 N–H and O–H groups in total. The molecule has 0 amide bonds. The van der Waals surface area contributed by atoms with Gasteiger partial charge in [-0.3, -0.25) is 0 Å². The van der Waals surface area contributed by atoms with Crippen molar-refractivity contribution in [3.05, 3.63) is 58.1 Å². The summed E-state index contributed by atoms with van der Waals surface area (Å²) in [7, 11) is 0. The monoisotopic (exact) mass is 361 g/mol. The Morgan fingerprint density at radius 2 is 1.82 bits per heavy atom. The van der Waals surface area contributed by atoms with E-state index in [0.717, 1.165) is 10.2 Å². The molecule has 0 fully saturated rings. The maximum Gasteiger partial charge on any atom is 0.345 e. The van der Waals surface area contributed by atoms with Gasteiger partial charge in [-0.05, 0) is 29.8 Å². The van der Waals surface area contributed by atoms with Crippen molar-refractivity contribution in [2.45, 2.75) is 26.2 Å². The molecule has 5 heteroatoms. The molecule has 1 aliphatic rings. The first-order valence-electron chi connectivity index (χ1n) is 6.98. The highest BCUT2D eigenvalue weighted by molar-refractivity contribution is 9.10. The third-order valence-corrected chi connectivity index (χ3v) is 3.83. The third-order valence-electron chi connectivity index (χ3n) is 3.31. The maximum absolute atomic E-state index is 11.9. The van der Waals surface area contributed by atoms with E-state index in [1.165, 1.54) is 5.56 Å². The second-order valence-corrected chi connectivity index (χ2v) is 6.50. The van der Waals surface area contributed by atoms with Gasteiger partial charge >= 0.3 is 5.97 Å². The molecule has 0 saturated carbocycles. The lowest BCUT2D eigenvalue weighted by molar-refractivity contribution is -0.127. The van der Waals surface area contributed by atoms with E-state index < -0.39 is 5.79 Å². The van der Waals surface area contributed by atoms with Crippen molar-refractivity contribution in [3.8, 4) is 5.75 Å². The zero-order valence-corrected chi connectivity index (χ0v) is 13.9. The molecule has 1 aliphatic heterocycles. The number of fused-ring (bicyclic) bond motifs is 1. The lowest BCUT2D eigenvalue weighted by atomic mass is 10.1. The molecule has 22 heavy (non-hydrogen) atoms. The SMILES string of the molecule is CC1(C)OC(=O)c2ccc(NCc3ccc(Br)cc3)cc2O1. The Labute approximate surface area is 137 Å². The topological polar surface area (TPSA) is 47.6 Å². The standard InChI is InChI=1S/C17H16BrNO3/c1-17(2)21-15-9-13(7-8-14(15)16(20)22-17)19-10-11-3-5-12(18)6-4-11/h3-9,19H,10H2,1-2H3. The van der Waals surface area contributed by atoms with Crippen LogP contribution in [0.2, 0.25) is 0 Å². The Morgan fingerprint density at radius 3 is 2.55 bits per heavy atom. The molecule has 0 saturated heterocycles. The minimum Gasteiger partial charge on any atom is -0.452 e. The van der Waals surface area contributed by atoms with Crippen LogP contribution in [0, 0.1) is 0 Å². The van der Waals surface area contributed by atoms with Gasteiger partial charge in [-0.15, -0.1) is 0 Å². The lowest BCUT2D eigenvalue weighted by Crippen LogP contribution is -2.38. The molecular weight excluding hydrogens is 346 g/mol. The van der Waals surface area contributed by atoms with E-state index in [1.807, 2.05) is 36.4 Å². The first kappa shape index (κ1) is 14.9. The lowest BCUT2D eigenvalue weighted by Gasteiger charge is -2.31. The van der Waals surface area contributed by atoms with Crippen molar-refractivity contribution < 1.29 is 14.3 Å². The Hall–Kier alpha value is -2.01. The van der Waals surface area contributed by atoms with Crippen LogP contribution >= 0.6 is 15.9 Å². The van der Waals surface area contributed by atoms with E-state index >= 15 is 0 Å². The summed E-state index contributed by atoms with van der Waals surface area (Å²) in [6, 6.07) is 13.5. The normalized spacial score (nSPS) is 15.5. The summed E-state index contributed by atoms with van der Waals surface area (Å²) in [6.07, 6.45) is 0. The maximum atomic E-state index is 11.9. The van der Waals surface area contributed by atoms with Crippen LogP contribution in [0.3, 0.4) is 0 Å². The largest absolute Gasteiger partial charge is 0.452 e. The van der Waals surface area contributed by atoms with E-state index in [0.29, 0.717) is 17.9 Å². The van der Waals surface area contributed by atoms with Gasteiger partial charge in [-0.25, -0.2) is 4.79 Å². The summed E-state index contributed by atoms with van der Waals surface area (Å²) in [5.41, 5.74) is 2.52. The molecule has 2 aromatic rings. The van der Waals surface area contributed by atoms with Crippen molar-refractivity contribution in [1.82, 2.24) is 0 Å². The number of hydrogen-bond donors (Lipinski definition) is 1. The highest BCUT2D eigenvalue weighted by Gasteiger charge is 2.33. The van der Waals surface area contributed by atoms with Crippen LogP contribution in [0.1, 0.15) is 29.8 Å². The predicted octanol–water partition coefficient (Wildman–Crippen LogP) is 4.35. The Balaban J connectivity index is 1.76. The number of cyclic esters (lactones) is 1. The second-order valence-electron chi connectivity index (χ2n) is 5.58. The van der Waals surface area contributed by atoms with Crippen LogP contribution < -0.4 is 10.1 Å². The zero-order valence-electron chi connectivity index (χ0n) is 12.4. The van der Waals surface area contributed by atoms with Gasteiger partial charge in [0.05, 0.1) is 0 Å². The van der Waals surface area contributed by atoms with Gasteiger partial charge < -0.3 is 14.8 Å². The van der Waals surface area contributed by atoms with E-state index in [2.05, 4.69) is 21.2 Å². The average Bonchev–Trinajstić information content (AvgIpc) is 2.45. The zero-order chi connectivity index (χ0) is 15.7. The van der Waals surface area contributed by atoms with Gasteiger partial charge in [0.15, 0.2) is 0 Å². The van der Waals surface area contributed by atoms with Crippen LogP contribution in [-0.4, -0.2) is 11.8 Å². The van der Waals surface area contributed by atoms with E-state index in [1.54, 1.807) is 19.9 Å². The van der Waals surface area contributed by atoms with Gasteiger partial charge in [0, 0.05) is 36.6 Å². The molecule has 114 valence electrons. The molecule has 0 unspecified atom stereocenters. The predicted molar refractivity (Wildman–Crippen MR) is 88.0 cm³/mol. The third kappa shape index (κ3) is 3.25. The Bertz CT molecular complexity index is 710. The van der Waals surface area contributed by atoms with Crippen molar-refractivity contribution >= 4 is 27.6 Å². The van der Waals surface area contributed by atoms with Gasteiger partial charge in [0.2, 0.25) is 5.79 Å². The number of benzene rings is 2. The summed E-state index contributed by atoms with van der Waals surface area (Å²) in [4.78, 5) is 11.9. The summed E-state index contributed by atoms with van der Waals surface area (Å²) in [5, 5.41) is 3.33. The minimum atomic E-state index is -0.936. The van der Waals surface area contributed by atoms with Gasteiger partial charge in [-0.1, -0.05) is 28.1 Å². The Kier molecular flexibility index (Phi) is 3.83. The van der Waals surface area contributed by atoms with Gasteiger partial charge in [0.1, 0.15) is 11.3 Å². The highest BCUT2D eigenvalue weighted by Crippen LogP contribution is 2.33. The van der Waals surface area contributed by atoms with Crippen molar-refractivity contribution in [3.63, 3.8) is 0 Å². The molecule has 3 rings (SSSR count). The molecule has 1 heterocycles. The highest BCUT2D eigenvalue weighted by atomic mass is 79.9. The molecule has 2 aromatic carbocycles. The van der Waals surface area contributed by atoms with E-state index in [9.17, 15) is 4.79 Å². The number of ether oxygens (including phenoxy) is 2. The molecule has 0 spiro atoms. The van der Waals surface area contributed by atoms with Crippen LogP contribution in [0.5, 0.6) is 5.75 Å². The molecule has 0 radical (unpaired) electrons. The Morgan fingerprint density at radius 1 is 1.09 bits per heavy atom. The smallest absolute Gasteiger partial charge is 0.345 e. The number of nitrogens with one attached hydrogen (secondary N) is 1. The summed E-state index contributed by atoms with van der Waals surface area (Å²) in [5.74, 6) is -0.748. The van der Waals surface area contributed by atoms with Crippen LogP contribution in [0.25, 0.3) is 0 Å². The van der Waals surface area contributed by atoms with E-state index in [-0.39, 0.29) is 5.97 Å². The van der Waals surface area contributed by atoms with Crippen molar-refractivity contribution in [1.29, 1.82) is 0 Å². The average molecular weight is 362 g/mol. The van der Waals surface area contributed by atoms with Gasteiger partial charge in [0.25, 0.3) is 0 Å². The number of carbonyl (C=O) groups is 1. The van der Waals surface area contributed by atoms with Crippen LogP contribution in [-0.2, 0) is 11.3 Å². The number of carbonyl (C=O) groups excluding carboxylic acids is 1. The van der Waals surface area contributed by atoms with Crippen molar-refractivity contribution in [2.24, 2.45) is 0 Å². The summed E-state index contributed by atoms with van der Waals surface area (Å²) in [6.45, 7) is 4.13. The van der Waals surface area contributed by atoms with E-state index in [4.69, 9.17) is 9.47 Å². The number of anilines is 1. The molecule has 0 aliphatic carbocycles. The van der Waals surface area contributed by atoms with Crippen LogP contribution in [0.15, 0.2) is 46.9 Å². The number of esters is 1. The quantitative estimate of drug-likeness (QED) is 0.825. The molecule has 0 bridgehead atoms.